The molecule has 0 bridgehead atoms. The molecule has 0 N–H and O–H groups in total. The third kappa shape index (κ3) is 6.03. The standard InChI is InChI=1S/C63H44S/c1-3-18-48-45(4-2)62(54-29-15-14-28-53(54)60(48)43-35-33-41(34-36-43)47-30-16-22-40-19-8-9-23-46(40)47)56-31-17-32-57-63(56)55-38-37-44(39-58(55)64-57)61-51-26-12-10-24-49(51)59(42-20-6-5-7-21-42)50-25-11-13-27-52(50)61/h3-15,17-29,31-39H,2,16,30H2,1H3/b18-3-. The van der Waals surface area contributed by atoms with Gasteiger partial charge in [-0.05, 0) is 141 Å². The lowest BCUT2D eigenvalue weighted by Gasteiger charge is -2.21. The second-order valence-corrected chi connectivity index (χ2v) is 18.0. The maximum atomic E-state index is 4.51. The van der Waals surface area contributed by atoms with Crippen LogP contribution in [0.15, 0.2) is 201 Å². The third-order valence-corrected chi connectivity index (χ3v) is 14.6. The van der Waals surface area contributed by atoms with E-state index in [0.717, 1.165) is 18.4 Å². The molecule has 1 heterocycles. The van der Waals surface area contributed by atoms with Gasteiger partial charge in [0.05, 0.1) is 0 Å². The summed E-state index contributed by atoms with van der Waals surface area (Å²) in [6.45, 7) is 6.63. The van der Waals surface area contributed by atoms with Crippen LogP contribution >= 0.6 is 11.3 Å². The van der Waals surface area contributed by atoms with Gasteiger partial charge in [-0.2, -0.15) is 0 Å². The van der Waals surface area contributed by atoms with Crippen molar-refractivity contribution in [2.75, 3.05) is 0 Å². The molecule has 0 amide bonds. The fraction of sp³-hybridized carbons (Fsp3) is 0.0476. The van der Waals surface area contributed by atoms with Crippen molar-refractivity contribution >= 4 is 87.6 Å². The number of fused-ring (bicyclic) bond motifs is 7. The molecule has 1 heteroatoms. The van der Waals surface area contributed by atoms with Crippen LogP contribution in [-0.2, 0) is 0 Å². The van der Waals surface area contributed by atoms with Crippen molar-refractivity contribution in [3.8, 4) is 44.5 Å². The fourth-order valence-corrected chi connectivity index (χ4v) is 11.9. The molecule has 12 rings (SSSR count). The van der Waals surface area contributed by atoms with E-state index in [4.69, 9.17) is 0 Å². The highest BCUT2D eigenvalue weighted by molar-refractivity contribution is 7.26. The SMILES string of the molecule is C=Cc1c(/C=C\C)c(-c2ccc(C3=c4ccccc4=CCC3)cc2)c2ccccc2c1-c1cccc2sc3cc(-c4c5ccccc5c(-c5ccccc5)c5ccccc45)ccc3c12. The maximum Gasteiger partial charge on any atom is 0.0361 e. The maximum absolute atomic E-state index is 4.51. The van der Waals surface area contributed by atoms with E-state index in [9.17, 15) is 0 Å². The van der Waals surface area contributed by atoms with Gasteiger partial charge in [0.2, 0.25) is 0 Å². The van der Waals surface area contributed by atoms with Gasteiger partial charge in [-0.3, -0.25) is 0 Å². The van der Waals surface area contributed by atoms with Crippen LogP contribution in [0.25, 0.3) is 121 Å². The van der Waals surface area contributed by atoms with Gasteiger partial charge in [0.25, 0.3) is 0 Å². The molecule has 10 aromatic carbocycles. The average molecular weight is 833 g/mol. The predicted molar refractivity (Wildman–Crippen MR) is 280 cm³/mol. The Labute approximate surface area is 377 Å². The molecule has 0 radical (unpaired) electrons. The second kappa shape index (κ2) is 15.6. The Balaban J connectivity index is 1.05. The molecule has 1 aromatic heterocycles. The average Bonchev–Trinajstić information content (AvgIpc) is 3.74. The highest BCUT2D eigenvalue weighted by atomic mass is 32.1. The van der Waals surface area contributed by atoms with Crippen LogP contribution in [0.4, 0.5) is 0 Å². The second-order valence-electron chi connectivity index (χ2n) is 16.9. The highest BCUT2D eigenvalue weighted by Crippen LogP contribution is 2.50. The molecule has 0 aliphatic heterocycles. The zero-order valence-corrected chi connectivity index (χ0v) is 36.6. The summed E-state index contributed by atoms with van der Waals surface area (Å²) in [6.07, 6.45) is 11.0. The Kier molecular flexibility index (Phi) is 9.32. The lowest BCUT2D eigenvalue weighted by molar-refractivity contribution is 1.08. The van der Waals surface area contributed by atoms with E-state index in [0.29, 0.717) is 0 Å². The van der Waals surface area contributed by atoms with Gasteiger partial charge in [-0.25, -0.2) is 0 Å². The summed E-state index contributed by atoms with van der Waals surface area (Å²) in [5.41, 5.74) is 15.0. The minimum Gasteiger partial charge on any atom is -0.135 e. The third-order valence-electron chi connectivity index (χ3n) is 13.4. The minimum atomic E-state index is 1.05. The van der Waals surface area contributed by atoms with E-state index in [1.165, 1.54) is 124 Å². The van der Waals surface area contributed by atoms with Gasteiger partial charge in [0, 0.05) is 20.2 Å². The van der Waals surface area contributed by atoms with Gasteiger partial charge in [-0.15, -0.1) is 11.3 Å². The Bertz CT molecular complexity index is 3780. The van der Waals surface area contributed by atoms with Gasteiger partial charge in [0.15, 0.2) is 0 Å². The summed E-state index contributed by atoms with van der Waals surface area (Å²) >= 11 is 1.89. The van der Waals surface area contributed by atoms with Crippen LogP contribution < -0.4 is 10.4 Å². The normalized spacial score (nSPS) is 12.7. The predicted octanol–water partition coefficient (Wildman–Crippen LogP) is 16.6. The van der Waals surface area contributed by atoms with E-state index in [1.807, 2.05) is 11.3 Å². The molecule has 302 valence electrons. The first-order valence-corrected chi connectivity index (χ1v) is 23.2. The summed E-state index contributed by atoms with van der Waals surface area (Å²) in [7, 11) is 0. The number of benzene rings is 10. The number of allylic oxidation sites excluding steroid dienone is 1. The number of thiophene rings is 1. The number of rotatable bonds is 7. The smallest absolute Gasteiger partial charge is 0.0361 e. The Hall–Kier alpha value is -7.58. The summed E-state index contributed by atoms with van der Waals surface area (Å²) in [6, 6.07) is 69.9. The molecule has 0 fully saturated rings. The molecule has 0 atom stereocenters. The van der Waals surface area contributed by atoms with Crippen LogP contribution in [0, 0.1) is 0 Å². The monoisotopic (exact) mass is 832 g/mol. The minimum absolute atomic E-state index is 1.05. The number of hydrogen-bond donors (Lipinski definition) is 0. The van der Waals surface area contributed by atoms with E-state index in [-0.39, 0.29) is 0 Å². The molecule has 0 unspecified atom stereocenters. The first kappa shape index (κ1) is 38.1. The molecule has 0 saturated heterocycles. The van der Waals surface area contributed by atoms with Crippen molar-refractivity contribution < 1.29 is 0 Å². The van der Waals surface area contributed by atoms with Gasteiger partial charge in [0.1, 0.15) is 0 Å². The van der Waals surface area contributed by atoms with Crippen molar-refractivity contribution in [2.45, 2.75) is 19.8 Å². The zero-order valence-electron chi connectivity index (χ0n) is 35.7. The topological polar surface area (TPSA) is 0 Å². The van der Waals surface area contributed by atoms with Crippen LogP contribution in [-0.4, -0.2) is 0 Å². The molecule has 1 aliphatic rings. The molecular formula is C63H44S. The molecule has 64 heavy (non-hydrogen) atoms. The van der Waals surface area contributed by atoms with Gasteiger partial charge in [-0.1, -0.05) is 207 Å². The zero-order chi connectivity index (χ0) is 42.7. The van der Waals surface area contributed by atoms with Gasteiger partial charge < -0.3 is 0 Å². The van der Waals surface area contributed by atoms with E-state index < -0.39 is 0 Å². The molecule has 11 aromatic rings. The van der Waals surface area contributed by atoms with E-state index in [2.05, 4.69) is 226 Å². The highest BCUT2D eigenvalue weighted by Gasteiger charge is 2.23. The van der Waals surface area contributed by atoms with E-state index >= 15 is 0 Å². The Morgan fingerprint density at radius 2 is 1.02 bits per heavy atom. The van der Waals surface area contributed by atoms with Gasteiger partial charge >= 0.3 is 0 Å². The van der Waals surface area contributed by atoms with Crippen molar-refractivity contribution in [3.63, 3.8) is 0 Å². The summed E-state index contributed by atoms with van der Waals surface area (Å²) in [5, 5.41) is 12.8. The lowest BCUT2D eigenvalue weighted by Crippen LogP contribution is -2.29. The summed E-state index contributed by atoms with van der Waals surface area (Å²) < 4.78 is 2.57. The van der Waals surface area contributed by atoms with Crippen LogP contribution in [0.5, 0.6) is 0 Å². The van der Waals surface area contributed by atoms with Crippen LogP contribution in [0.3, 0.4) is 0 Å². The Morgan fingerprint density at radius 1 is 0.453 bits per heavy atom. The van der Waals surface area contributed by atoms with E-state index in [1.54, 1.807) is 0 Å². The first-order valence-electron chi connectivity index (χ1n) is 22.4. The molecule has 0 nitrogen and oxygen atoms in total. The van der Waals surface area contributed by atoms with Crippen molar-refractivity contribution in [2.24, 2.45) is 0 Å². The summed E-state index contributed by atoms with van der Waals surface area (Å²) in [4.78, 5) is 0. The van der Waals surface area contributed by atoms with Crippen molar-refractivity contribution in [3.05, 3.63) is 228 Å². The van der Waals surface area contributed by atoms with Crippen LogP contribution in [0.2, 0.25) is 0 Å². The fourth-order valence-electron chi connectivity index (χ4n) is 10.8. The molecule has 0 saturated carbocycles. The molecule has 1 aliphatic carbocycles. The first-order chi connectivity index (χ1) is 31.7. The van der Waals surface area contributed by atoms with Crippen LogP contribution in [0.1, 0.15) is 36.5 Å². The largest absolute Gasteiger partial charge is 0.135 e. The summed E-state index contributed by atoms with van der Waals surface area (Å²) in [5.74, 6) is 0. The molecule has 0 spiro atoms. The quantitative estimate of drug-likeness (QED) is 0.140. The van der Waals surface area contributed by atoms with Crippen molar-refractivity contribution in [1.29, 1.82) is 0 Å². The van der Waals surface area contributed by atoms with Crippen molar-refractivity contribution in [1.82, 2.24) is 0 Å². The lowest BCUT2D eigenvalue weighted by atomic mass is 9.82. The Morgan fingerprint density at radius 3 is 1.69 bits per heavy atom. The number of hydrogen-bond acceptors (Lipinski definition) is 1. The molecular weight excluding hydrogens is 789 g/mol.